The van der Waals surface area contributed by atoms with Crippen LogP contribution in [-0.4, -0.2) is 22.9 Å². The highest BCUT2D eigenvalue weighted by Gasteiger charge is 2.08. The van der Waals surface area contributed by atoms with E-state index in [-0.39, 0.29) is 0 Å². The molecule has 0 radical (unpaired) electrons. The zero-order valence-corrected chi connectivity index (χ0v) is 11.7. The van der Waals surface area contributed by atoms with Gasteiger partial charge in [-0.2, -0.15) is 4.98 Å². The van der Waals surface area contributed by atoms with Crippen LogP contribution in [0.15, 0.2) is 47.7 Å². The third kappa shape index (κ3) is 3.00. The molecule has 1 aliphatic heterocycles. The van der Waals surface area contributed by atoms with Crippen molar-refractivity contribution >= 4 is 29.4 Å². The molecule has 0 fully saturated rings. The van der Waals surface area contributed by atoms with Gasteiger partial charge in [-0.15, -0.1) is 0 Å². The van der Waals surface area contributed by atoms with Gasteiger partial charge in [-0.05, 0) is 36.8 Å². The molecule has 6 heteroatoms. The number of nitrogen functional groups attached to an aromatic ring is 1. The third-order valence-electron chi connectivity index (χ3n) is 3.13. The molecule has 1 aromatic heterocycles. The summed E-state index contributed by atoms with van der Waals surface area (Å²) in [5, 5.41) is 3.20. The summed E-state index contributed by atoms with van der Waals surface area (Å²) in [6.45, 7) is 2.57. The van der Waals surface area contributed by atoms with Gasteiger partial charge in [0.1, 0.15) is 12.5 Å². The Morgan fingerprint density at radius 1 is 1.29 bits per heavy atom. The van der Waals surface area contributed by atoms with Gasteiger partial charge in [-0.1, -0.05) is 6.07 Å². The van der Waals surface area contributed by atoms with Crippen molar-refractivity contribution in [2.24, 2.45) is 4.99 Å². The van der Waals surface area contributed by atoms with Crippen LogP contribution in [0.3, 0.4) is 0 Å². The van der Waals surface area contributed by atoms with Gasteiger partial charge in [0.2, 0.25) is 5.95 Å². The quantitative estimate of drug-likeness (QED) is 0.844. The number of benzene rings is 1. The van der Waals surface area contributed by atoms with Gasteiger partial charge in [0.15, 0.2) is 0 Å². The minimum atomic E-state index is 0.532. The lowest BCUT2D eigenvalue weighted by Crippen LogP contribution is -2.20. The number of nitrogens with one attached hydrogen (secondary N) is 1. The molecule has 0 unspecified atom stereocenters. The molecule has 0 saturated heterocycles. The minimum absolute atomic E-state index is 0.532. The molecule has 1 aromatic carbocycles. The smallest absolute Gasteiger partial charge is 0.229 e. The molecule has 2 aromatic rings. The van der Waals surface area contributed by atoms with E-state index >= 15 is 0 Å². The second kappa shape index (κ2) is 5.62. The van der Waals surface area contributed by atoms with E-state index in [1.807, 2.05) is 48.4 Å². The van der Waals surface area contributed by atoms with Crippen LogP contribution in [0.4, 0.5) is 23.1 Å². The first-order chi connectivity index (χ1) is 10.2. The van der Waals surface area contributed by atoms with Crippen LogP contribution in [0.2, 0.25) is 0 Å². The van der Waals surface area contributed by atoms with E-state index in [1.165, 1.54) is 0 Å². The maximum absolute atomic E-state index is 5.81. The molecule has 1 aliphatic rings. The van der Waals surface area contributed by atoms with Crippen molar-refractivity contribution in [3.63, 3.8) is 0 Å². The largest absolute Gasteiger partial charge is 0.399 e. The Bertz CT molecular complexity index is 707. The number of hydrogen-bond acceptors (Lipinski definition) is 6. The molecule has 21 heavy (non-hydrogen) atoms. The standard InChI is InChI=1S/C15H16N6/c1-11-3-4-12(16)9-13(11)19-15-18-7-5-14(20-15)21-8-2-6-17-10-21/h2-9H,10,16H2,1H3,(H,18,19,20). The van der Waals surface area contributed by atoms with Crippen molar-refractivity contribution in [2.45, 2.75) is 6.92 Å². The number of aromatic nitrogens is 2. The first-order valence-corrected chi connectivity index (χ1v) is 6.62. The number of anilines is 4. The molecule has 0 amide bonds. The molecule has 0 saturated carbocycles. The second-order valence-corrected chi connectivity index (χ2v) is 4.72. The summed E-state index contributed by atoms with van der Waals surface area (Å²) in [4.78, 5) is 14.9. The number of aryl methyl sites for hydroxylation is 1. The fraction of sp³-hybridized carbons (Fsp3) is 0.133. The molecule has 0 spiro atoms. The lowest BCUT2D eigenvalue weighted by atomic mass is 10.2. The molecule has 3 rings (SSSR count). The van der Waals surface area contributed by atoms with Crippen LogP contribution < -0.4 is 16.0 Å². The third-order valence-corrected chi connectivity index (χ3v) is 3.13. The summed E-state index contributed by atoms with van der Waals surface area (Å²) >= 11 is 0. The van der Waals surface area contributed by atoms with E-state index in [0.29, 0.717) is 18.3 Å². The maximum Gasteiger partial charge on any atom is 0.229 e. The fourth-order valence-electron chi connectivity index (χ4n) is 2.00. The average Bonchev–Trinajstić information content (AvgIpc) is 2.52. The summed E-state index contributed by atoms with van der Waals surface area (Å²) in [5.74, 6) is 1.33. The van der Waals surface area contributed by atoms with Crippen molar-refractivity contribution in [3.05, 3.63) is 48.3 Å². The van der Waals surface area contributed by atoms with Gasteiger partial charge in [0, 0.05) is 30.0 Å². The monoisotopic (exact) mass is 280 g/mol. The zero-order chi connectivity index (χ0) is 14.7. The van der Waals surface area contributed by atoms with E-state index in [9.17, 15) is 0 Å². The number of rotatable bonds is 3. The Hall–Kier alpha value is -2.89. The van der Waals surface area contributed by atoms with E-state index in [0.717, 1.165) is 17.1 Å². The summed E-state index contributed by atoms with van der Waals surface area (Å²) in [5.41, 5.74) is 8.50. The first kappa shape index (κ1) is 13.1. The summed E-state index contributed by atoms with van der Waals surface area (Å²) in [6.07, 6.45) is 7.30. The number of allylic oxidation sites excluding steroid dienone is 1. The molecule has 2 heterocycles. The fourth-order valence-corrected chi connectivity index (χ4v) is 2.00. The molecule has 0 atom stereocenters. The number of aliphatic imine (C=N–C) groups is 1. The van der Waals surface area contributed by atoms with Crippen LogP contribution in [-0.2, 0) is 0 Å². The van der Waals surface area contributed by atoms with Crippen LogP contribution in [0, 0.1) is 6.92 Å². The minimum Gasteiger partial charge on any atom is -0.399 e. The maximum atomic E-state index is 5.81. The van der Waals surface area contributed by atoms with E-state index in [1.54, 1.807) is 12.4 Å². The lowest BCUT2D eigenvalue weighted by Gasteiger charge is -2.19. The number of nitrogens with zero attached hydrogens (tertiary/aromatic N) is 4. The molecular formula is C15H16N6. The van der Waals surface area contributed by atoms with Gasteiger partial charge in [-0.3, -0.25) is 4.99 Å². The highest BCUT2D eigenvalue weighted by Crippen LogP contribution is 2.22. The molecule has 0 aliphatic carbocycles. The summed E-state index contributed by atoms with van der Waals surface area (Å²) < 4.78 is 0. The van der Waals surface area contributed by atoms with Gasteiger partial charge in [0.05, 0.1) is 0 Å². The molecule has 0 bridgehead atoms. The highest BCUT2D eigenvalue weighted by atomic mass is 15.3. The van der Waals surface area contributed by atoms with Gasteiger partial charge >= 0.3 is 0 Å². The Morgan fingerprint density at radius 2 is 2.19 bits per heavy atom. The van der Waals surface area contributed by atoms with Crippen molar-refractivity contribution in [1.82, 2.24) is 9.97 Å². The van der Waals surface area contributed by atoms with Gasteiger partial charge in [-0.25, -0.2) is 4.98 Å². The lowest BCUT2D eigenvalue weighted by molar-refractivity contribution is 0.937. The van der Waals surface area contributed by atoms with Crippen LogP contribution in [0.1, 0.15) is 5.56 Å². The Balaban J connectivity index is 1.84. The van der Waals surface area contributed by atoms with Crippen LogP contribution >= 0.6 is 0 Å². The summed E-state index contributed by atoms with van der Waals surface area (Å²) in [6, 6.07) is 7.55. The van der Waals surface area contributed by atoms with Crippen LogP contribution in [0.5, 0.6) is 0 Å². The van der Waals surface area contributed by atoms with Gasteiger partial charge < -0.3 is 16.0 Å². The Labute approximate surface area is 123 Å². The van der Waals surface area contributed by atoms with Crippen LogP contribution in [0.25, 0.3) is 0 Å². The average molecular weight is 280 g/mol. The topological polar surface area (TPSA) is 79.4 Å². The SMILES string of the molecule is Cc1ccc(N)cc1Nc1nccc(N2C=CC=NC2)n1. The van der Waals surface area contributed by atoms with Crippen molar-refractivity contribution in [2.75, 3.05) is 22.6 Å². The predicted molar refractivity (Wildman–Crippen MR) is 85.9 cm³/mol. The summed E-state index contributed by atoms with van der Waals surface area (Å²) in [7, 11) is 0. The predicted octanol–water partition coefficient (Wildman–Crippen LogP) is 2.47. The Kier molecular flexibility index (Phi) is 3.51. The normalized spacial score (nSPS) is 13.5. The molecular weight excluding hydrogens is 264 g/mol. The molecule has 3 N–H and O–H groups in total. The molecule has 106 valence electrons. The van der Waals surface area contributed by atoms with Crippen molar-refractivity contribution < 1.29 is 0 Å². The number of nitrogens with two attached hydrogens (primary N) is 1. The number of hydrogen-bond donors (Lipinski definition) is 2. The van der Waals surface area contributed by atoms with E-state index in [4.69, 9.17) is 5.73 Å². The first-order valence-electron chi connectivity index (χ1n) is 6.62. The van der Waals surface area contributed by atoms with Crippen molar-refractivity contribution in [1.29, 1.82) is 0 Å². The Morgan fingerprint density at radius 3 is 3.00 bits per heavy atom. The highest BCUT2D eigenvalue weighted by molar-refractivity contribution is 5.73. The van der Waals surface area contributed by atoms with Gasteiger partial charge in [0.25, 0.3) is 0 Å². The van der Waals surface area contributed by atoms with E-state index < -0.39 is 0 Å². The molecule has 6 nitrogen and oxygen atoms in total. The van der Waals surface area contributed by atoms with E-state index in [2.05, 4.69) is 20.3 Å². The zero-order valence-electron chi connectivity index (χ0n) is 11.7. The van der Waals surface area contributed by atoms with Crippen molar-refractivity contribution in [3.8, 4) is 0 Å². The second-order valence-electron chi connectivity index (χ2n) is 4.72.